The first kappa shape index (κ1) is 17.5. The van der Waals surface area contributed by atoms with Gasteiger partial charge in [0.2, 0.25) is 5.91 Å². The Balaban J connectivity index is 2.59. The van der Waals surface area contributed by atoms with Gasteiger partial charge in [-0.15, -0.1) is 0 Å². The average Bonchev–Trinajstić information content (AvgIpc) is 2.40. The number of halogens is 1. The van der Waals surface area contributed by atoms with Gasteiger partial charge in [0.15, 0.2) is 0 Å². The Hall–Kier alpha value is -1.57. The van der Waals surface area contributed by atoms with Crippen LogP contribution in [0.15, 0.2) is 24.3 Å². The third-order valence-electron chi connectivity index (χ3n) is 3.60. The number of benzene rings is 1. The molecule has 1 aromatic carbocycles. The van der Waals surface area contributed by atoms with Crippen LogP contribution in [0, 0.1) is 17.2 Å². The molecule has 0 saturated carbocycles. The van der Waals surface area contributed by atoms with E-state index in [9.17, 15) is 10.1 Å². The van der Waals surface area contributed by atoms with E-state index in [1.54, 1.807) is 6.92 Å². The number of hydrogen-bond donors (Lipinski definition) is 1. The Bertz CT molecular complexity index is 539. The normalized spacial score (nSPS) is 13.8. The van der Waals surface area contributed by atoms with Crippen molar-refractivity contribution in [3.8, 4) is 6.07 Å². The minimum atomic E-state index is -0.845. The quantitative estimate of drug-likeness (QED) is 0.879. The third-order valence-corrected chi connectivity index (χ3v) is 3.97. The Labute approximate surface area is 131 Å². The van der Waals surface area contributed by atoms with E-state index in [-0.39, 0.29) is 18.4 Å². The van der Waals surface area contributed by atoms with Gasteiger partial charge in [0.25, 0.3) is 0 Å². The molecule has 1 amide bonds. The number of nitrogens with zero attached hydrogens (tertiary/aromatic N) is 2. The Morgan fingerprint density at radius 3 is 2.62 bits per heavy atom. The van der Waals surface area contributed by atoms with Crippen molar-refractivity contribution in [2.75, 3.05) is 13.6 Å². The van der Waals surface area contributed by atoms with Gasteiger partial charge in [0.05, 0.1) is 12.6 Å². The molecule has 0 spiro atoms. The number of carbonyl (C=O) groups excluding carboxylic acids is 1. The van der Waals surface area contributed by atoms with Crippen molar-refractivity contribution in [2.24, 2.45) is 5.92 Å². The van der Waals surface area contributed by atoms with Crippen LogP contribution in [0.5, 0.6) is 0 Å². The second kappa shape index (κ2) is 7.44. The summed E-state index contributed by atoms with van der Waals surface area (Å²) in [5, 5.41) is 12.7. The molecule has 0 aliphatic rings. The smallest absolute Gasteiger partial charge is 0.235 e. The zero-order valence-corrected chi connectivity index (χ0v) is 13.7. The minimum absolute atomic E-state index is 0.0420. The number of rotatable bonds is 6. The molecule has 0 radical (unpaired) electrons. The lowest BCUT2D eigenvalue weighted by molar-refractivity contribution is -0.123. The summed E-state index contributed by atoms with van der Waals surface area (Å²) in [6.07, 6.45) is 0. The first-order chi connectivity index (χ1) is 9.78. The summed E-state index contributed by atoms with van der Waals surface area (Å²) >= 11 is 6.11. The van der Waals surface area contributed by atoms with Crippen LogP contribution in [-0.4, -0.2) is 29.9 Å². The van der Waals surface area contributed by atoms with Gasteiger partial charge < -0.3 is 5.32 Å². The molecular weight excluding hydrogens is 286 g/mol. The fourth-order valence-corrected chi connectivity index (χ4v) is 2.04. The highest BCUT2D eigenvalue weighted by Crippen LogP contribution is 2.17. The van der Waals surface area contributed by atoms with Gasteiger partial charge >= 0.3 is 0 Å². The topological polar surface area (TPSA) is 56.1 Å². The average molecular weight is 308 g/mol. The molecule has 0 bridgehead atoms. The van der Waals surface area contributed by atoms with Gasteiger partial charge in [0.1, 0.15) is 5.54 Å². The van der Waals surface area contributed by atoms with Crippen molar-refractivity contribution < 1.29 is 4.79 Å². The highest BCUT2D eigenvalue weighted by molar-refractivity contribution is 6.31. The predicted molar refractivity (Wildman–Crippen MR) is 84.8 cm³/mol. The van der Waals surface area contributed by atoms with Crippen molar-refractivity contribution in [3.05, 3.63) is 34.9 Å². The summed E-state index contributed by atoms with van der Waals surface area (Å²) in [4.78, 5) is 13.9. The number of likely N-dealkylation sites (N-methyl/N-ethyl adjacent to an activating group) is 1. The monoisotopic (exact) mass is 307 g/mol. The molecule has 21 heavy (non-hydrogen) atoms. The molecule has 114 valence electrons. The van der Waals surface area contributed by atoms with E-state index in [0.717, 1.165) is 5.56 Å². The molecule has 1 N–H and O–H groups in total. The zero-order chi connectivity index (χ0) is 16.0. The Kier molecular flexibility index (Phi) is 6.19. The van der Waals surface area contributed by atoms with Crippen LogP contribution in [0.25, 0.3) is 0 Å². The Morgan fingerprint density at radius 2 is 2.10 bits per heavy atom. The molecule has 0 unspecified atom stereocenters. The standard InChI is InChI=1S/C16H22ClN3O/c1-12(2)16(3,11-18)19-15(21)10-20(4)9-13-7-5-6-8-14(13)17/h5-8,12H,9-10H2,1-4H3,(H,19,21)/t16-/m1/s1. The molecule has 0 aliphatic carbocycles. The maximum Gasteiger partial charge on any atom is 0.235 e. The van der Waals surface area contributed by atoms with Gasteiger partial charge in [-0.05, 0) is 31.5 Å². The molecule has 1 aromatic rings. The van der Waals surface area contributed by atoms with Crippen molar-refractivity contribution in [1.82, 2.24) is 10.2 Å². The van der Waals surface area contributed by atoms with Crippen molar-refractivity contribution in [3.63, 3.8) is 0 Å². The van der Waals surface area contributed by atoms with E-state index in [4.69, 9.17) is 11.6 Å². The van der Waals surface area contributed by atoms with Crippen LogP contribution in [0.2, 0.25) is 5.02 Å². The molecule has 0 aliphatic heterocycles. The molecular formula is C16H22ClN3O. The number of nitriles is 1. The molecule has 0 aromatic heterocycles. The molecule has 0 heterocycles. The van der Waals surface area contributed by atoms with Gasteiger partial charge in [-0.1, -0.05) is 43.6 Å². The van der Waals surface area contributed by atoms with E-state index in [0.29, 0.717) is 11.6 Å². The maximum absolute atomic E-state index is 12.1. The fourth-order valence-electron chi connectivity index (χ4n) is 1.85. The molecule has 0 saturated heterocycles. The number of hydrogen-bond acceptors (Lipinski definition) is 3. The summed E-state index contributed by atoms with van der Waals surface area (Å²) in [7, 11) is 1.85. The van der Waals surface area contributed by atoms with Crippen LogP contribution in [-0.2, 0) is 11.3 Å². The van der Waals surface area contributed by atoms with Crippen LogP contribution >= 0.6 is 11.6 Å². The summed E-state index contributed by atoms with van der Waals surface area (Å²) < 4.78 is 0. The van der Waals surface area contributed by atoms with E-state index in [1.807, 2.05) is 50.1 Å². The highest BCUT2D eigenvalue weighted by atomic mass is 35.5. The minimum Gasteiger partial charge on any atom is -0.337 e. The summed E-state index contributed by atoms with van der Waals surface area (Å²) in [6.45, 7) is 6.37. The largest absolute Gasteiger partial charge is 0.337 e. The lowest BCUT2D eigenvalue weighted by atomic mass is 9.90. The molecule has 5 heteroatoms. The summed E-state index contributed by atoms with van der Waals surface area (Å²) in [5.41, 5.74) is 0.129. The van der Waals surface area contributed by atoms with Crippen LogP contribution in [0.1, 0.15) is 26.3 Å². The van der Waals surface area contributed by atoms with Crippen molar-refractivity contribution in [1.29, 1.82) is 5.26 Å². The highest BCUT2D eigenvalue weighted by Gasteiger charge is 2.30. The van der Waals surface area contributed by atoms with Gasteiger partial charge in [0, 0.05) is 11.6 Å². The van der Waals surface area contributed by atoms with Crippen LogP contribution in [0.4, 0.5) is 0 Å². The predicted octanol–water partition coefficient (Wildman–Crippen LogP) is 2.83. The lowest BCUT2D eigenvalue weighted by Gasteiger charge is -2.28. The molecule has 0 fully saturated rings. The second-order valence-electron chi connectivity index (χ2n) is 5.78. The Morgan fingerprint density at radius 1 is 1.48 bits per heavy atom. The summed E-state index contributed by atoms with van der Waals surface area (Å²) in [5.74, 6) is -0.123. The number of carbonyl (C=O) groups is 1. The van der Waals surface area contributed by atoms with Crippen LogP contribution < -0.4 is 5.32 Å². The van der Waals surface area contributed by atoms with Gasteiger partial charge in [-0.2, -0.15) is 5.26 Å². The van der Waals surface area contributed by atoms with Crippen LogP contribution in [0.3, 0.4) is 0 Å². The molecule has 1 atom stereocenters. The maximum atomic E-state index is 12.1. The van der Waals surface area contributed by atoms with Crippen molar-refractivity contribution in [2.45, 2.75) is 32.9 Å². The molecule has 4 nitrogen and oxygen atoms in total. The first-order valence-electron chi connectivity index (χ1n) is 6.92. The van der Waals surface area contributed by atoms with Gasteiger partial charge in [-0.3, -0.25) is 9.69 Å². The van der Waals surface area contributed by atoms with E-state index in [1.165, 1.54) is 0 Å². The van der Waals surface area contributed by atoms with Crippen molar-refractivity contribution >= 4 is 17.5 Å². The summed E-state index contributed by atoms with van der Waals surface area (Å²) in [6, 6.07) is 9.73. The van der Waals surface area contributed by atoms with E-state index < -0.39 is 5.54 Å². The lowest BCUT2D eigenvalue weighted by Crippen LogP contribution is -2.51. The second-order valence-corrected chi connectivity index (χ2v) is 6.19. The third kappa shape index (κ3) is 5.04. The zero-order valence-electron chi connectivity index (χ0n) is 13.0. The first-order valence-corrected chi connectivity index (χ1v) is 7.30. The van der Waals surface area contributed by atoms with E-state index >= 15 is 0 Å². The molecule has 1 rings (SSSR count). The fraction of sp³-hybridized carbons (Fsp3) is 0.500. The van der Waals surface area contributed by atoms with Gasteiger partial charge in [-0.25, -0.2) is 0 Å². The number of nitrogens with one attached hydrogen (secondary N) is 1. The number of amides is 1. The SMILES string of the molecule is CC(C)[C@@](C)(C#N)NC(=O)CN(C)Cc1ccccc1Cl. The van der Waals surface area contributed by atoms with E-state index in [2.05, 4.69) is 11.4 Å².